The SMILES string of the molecule is COC(=O)c1ccc(NC(=O)C(=O)NCC(C)(O)c2cc3ccccc3o2)cc1. The molecule has 2 aromatic carbocycles. The number of amides is 2. The third kappa shape index (κ3) is 4.61. The van der Waals surface area contributed by atoms with Crippen LogP contribution in [0.5, 0.6) is 0 Å². The Labute approximate surface area is 166 Å². The summed E-state index contributed by atoms with van der Waals surface area (Å²) in [5.74, 6) is -2.05. The van der Waals surface area contributed by atoms with Crippen LogP contribution in [0.25, 0.3) is 11.0 Å². The zero-order valence-electron chi connectivity index (χ0n) is 15.9. The van der Waals surface area contributed by atoms with Gasteiger partial charge in [-0.3, -0.25) is 9.59 Å². The minimum Gasteiger partial charge on any atom is -0.465 e. The van der Waals surface area contributed by atoms with Crippen molar-refractivity contribution in [2.24, 2.45) is 0 Å². The van der Waals surface area contributed by atoms with Gasteiger partial charge in [-0.2, -0.15) is 0 Å². The molecule has 29 heavy (non-hydrogen) atoms. The van der Waals surface area contributed by atoms with Gasteiger partial charge in [0.25, 0.3) is 0 Å². The molecule has 150 valence electrons. The lowest BCUT2D eigenvalue weighted by Crippen LogP contribution is -2.43. The second-order valence-corrected chi connectivity index (χ2v) is 6.63. The molecular weight excluding hydrogens is 376 g/mol. The predicted molar refractivity (Wildman–Crippen MR) is 105 cm³/mol. The van der Waals surface area contributed by atoms with Crippen LogP contribution in [0, 0.1) is 0 Å². The van der Waals surface area contributed by atoms with Gasteiger partial charge in [-0.25, -0.2) is 4.79 Å². The Hall–Kier alpha value is -3.65. The molecule has 2 amide bonds. The summed E-state index contributed by atoms with van der Waals surface area (Å²) in [5.41, 5.74) is -0.238. The molecule has 3 rings (SSSR count). The fourth-order valence-electron chi connectivity index (χ4n) is 2.66. The molecule has 0 aliphatic rings. The molecule has 0 saturated carbocycles. The van der Waals surface area contributed by atoms with E-state index in [1.165, 1.54) is 38.3 Å². The van der Waals surface area contributed by atoms with Crippen molar-refractivity contribution in [1.29, 1.82) is 0 Å². The van der Waals surface area contributed by atoms with E-state index in [1.54, 1.807) is 12.1 Å². The molecule has 0 radical (unpaired) electrons. The Morgan fingerprint density at radius 1 is 1.07 bits per heavy atom. The number of benzene rings is 2. The van der Waals surface area contributed by atoms with Crippen LogP contribution in [0.4, 0.5) is 5.69 Å². The Morgan fingerprint density at radius 2 is 1.76 bits per heavy atom. The zero-order valence-corrected chi connectivity index (χ0v) is 15.9. The van der Waals surface area contributed by atoms with Crippen molar-refractivity contribution in [3.63, 3.8) is 0 Å². The van der Waals surface area contributed by atoms with Crippen LogP contribution in [-0.4, -0.2) is 36.5 Å². The maximum absolute atomic E-state index is 12.1. The Morgan fingerprint density at radius 3 is 2.41 bits per heavy atom. The van der Waals surface area contributed by atoms with E-state index in [-0.39, 0.29) is 12.3 Å². The quantitative estimate of drug-likeness (QED) is 0.449. The number of aliphatic hydroxyl groups is 1. The third-order valence-corrected chi connectivity index (χ3v) is 4.32. The van der Waals surface area contributed by atoms with Crippen molar-refractivity contribution in [2.75, 3.05) is 19.0 Å². The first-order chi connectivity index (χ1) is 13.8. The summed E-state index contributed by atoms with van der Waals surface area (Å²) >= 11 is 0. The molecule has 3 N–H and O–H groups in total. The lowest BCUT2D eigenvalue weighted by molar-refractivity contribution is -0.136. The third-order valence-electron chi connectivity index (χ3n) is 4.32. The predicted octanol–water partition coefficient (Wildman–Crippen LogP) is 2.18. The number of esters is 1. The van der Waals surface area contributed by atoms with E-state index in [0.29, 0.717) is 16.8 Å². The average Bonchev–Trinajstić information content (AvgIpc) is 3.17. The Balaban J connectivity index is 1.59. The van der Waals surface area contributed by atoms with Crippen LogP contribution in [0.15, 0.2) is 59.0 Å². The molecule has 1 unspecified atom stereocenters. The second-order valence-electron chi connectivity index (χ2n) is 6.63. The minimum absolute atomic E-state index is 0.222. The van der Waals surface area contributed by atoms with E-state index in [2.05, 4.69) is 15.4 Å². The number of furan rings is 1. The molecule has 0 spiro atoms. The van der Waals surface area contributed by atoms with Crippen LogP contribution >= 0.6 is 0 Å². The average molecular weight is 396 g/mol. The van der Waals surface area contributed by atoms with Crippen molar-refractivity contribution in [1.82, 2.24) is 5.32 Å². The number of hydrogen-bond donors (Lipinski definition) is 3. The number of ether oxygens (including phenoxy) is 1. The highest BCUT2D eigenvalue weighted by atomic mass is 16.5. The van der Waals surface area contributed by atoms with Gasteiger partial charge in [0.05, 0.1) is 19.2 Å². The minimum atomic E-state index is -1.50. The van der Waals surface area contributed by atoms with Gasteiger partial charge in [-0.15, -0.1) is 0 Å². The molecule has 0 fully saturated rings. The van der Waals surface area contributed by atoms with Crippen molar-refractivity contribution in [3.05, 3.63) is 65.9 Å². The van der Waals surface area contributed by atoms with E-state index >= 15 is 0 Å². The molecular formula is C21H20N2O6. The topological polar surface area (TPSA) is 118 Å². The largest absolute Gasteiger partial charge is 0.465 e. The van der Waals surface area contributed by atoms with Crippen molar-refractivity contribution in [2.45, 2.75) is 12.5 Å². The van der Waals surface area contributed by atoms with Crippen molar-refractivity contribution >= 4 is 34.4 Å². The van der Waals surface area contributed by atoms with Crippen LogP contribution in [-0.2, 0) is 19.9 Å². The molecule has 8 nitrogen and oxygen atoms in total. The number of hydrogen-bond acceptors (Lipinski definition) is 6. The van der Waals surface area contributed by atoms with E-state index in [4.69, 9.17) is 4.42 Å². The van der Waals surface area contributed by atoms with Gasteiger partial charge in [0, 0.05) is 11.1 Å². The molecule has 8 heteroatoms. The molecule has 0 bridgehead atoms. The van der Waals surface area contributed by atoms with Gasteiger partial charge in [-0.05, 0) is 43.3 Å². The highest BCUT2D eigenvalue weighted by molar-refractivity contribution is 6.39. The summed E-state index contributed by atoms with van der Waals surface area (Å²) in [5, 5.41) is 16.3. The number of carbonyl (C=O) groups excluding carboxylic acids is 3. The van der Waals surface area contributed by atoms with E-state index in [1.807, 2.05) is 18.2 Å². The fraction of sp³-hybridized carbons (Fsp3) is 0.190. The lowest BCUT2D eigenvalue weighted by Gasteiger charge is -2.20. The number of para-hydroxylation sites is 1. The van der Waals surface area contributed by atoms with Gasteiger partial charge in [0.1, 0.15) is 16.9 Å². The summed E-state index contributed by atoms with van der Waals surface area (Å²) in [7, 11) is 1.27. The van der Waals surface area contributed by atoms with Crippen LogP contribution < -0.4 is 10.6 Å². The summed E-state index contributed by atoms with van der Waals surface area (Å²) in [4.78, 5) is 35.5. The number of methoxy groups -OCH3 is 1. The van der Waals surface area contributed by atoms with Gasteiger partial charge in [0.15, 0.2) is 0 Å². The number of nitrogens with one attached hydrogen (secondary N) is 2. The molecule has 0 saturated heterocycles. The van der Waals surface area contributed by atoms with E-state index in [0.717, 1.165) is 5.39 Å². The molecule has 0 aliphatic carbocycles. The lowest BCUT2D eigenvalue weighted by atomic mass is 10.0. The van der Waals surface area contributed by atoms with Crippen molar-refractivity contribution < 1.29 is 28.6 Å². The number of anilines is 1. The normalized spacial score (nSPS) is 12.8. The number of fused-ring (bicyclic) bond motifs is 1. The summed E-state index contributed by atoms with van der Waals surface area (Å²) in [6, 6.07) is 14.8. The smallest absolute Gasteiger partial charge is 0.337 e. The molecule has 0 aliphatic heterocycles. The Kier molecular flexibility index (Phi) is 5.65. The van der Waals surface area contributed by atoms with Crippen molar-refractivity contribution in [3.8, 4) is 0 Å². The summed E-state index contributed by atoms with van der Waals surface area (Å²) < 4.78 is 10.2. The molecule has 1 aromatic heterocycles. The number of carbonyl (C=O) groups is 3. The standard InChI is InChI=1S/C21H20N2O6/c1-21(27,17-11-14-5-3-4-6-16(14)29-17)12-22-18(24)19(25)23-15-9-7-13(8-10-15)20(26)28-2/h3-11,27H,12H2,1-2H3,(H,22,24)(H,23,25). The van der Waals surface area contributed by atoms with Gasteiger partial charge >= 0.3 is 17.8 Å². The summed E-state index contributed by atoms with van der Waals surface area (Å²) in [6.07, 6.45) is 0. The molecule has 3 aromatic rings. The molecule has 1 heterocycles. The fourth-order valence-corrected chi connectivity index (χ4v) is 2.66. The van der Waals surface area contributed by atoms with E-state index in [9.17, 15) is 19.5 Å². The first kappa shape index (κ1) is 20.1. The van der Waals surface area contributed by atoms with Crippen LogP contribution in [0.3, 0.4) is 0 Å². The second kappa shape index (κ2) is 8.15. The maximum atomic E-state index is 12.1. The Bertz CT molecular complexity index is 1020. The molecule has 1 atom stereocenters. The highest BCUT2D eigenvalue weighted by Gasteiger charge is 2.29. The van der Waals surface area contributed by atoms with Gasteiger partial charge in [0.2, 0.25) is 0 Å². The summed E-state index contributed by atoms with van der Waals surface area (Å²) in [6.45, 7) is 1.26. The van der Waals surface area contributed by atoms with Gasteiger partial charge in [-0.1, -0.05) is 18.2 Å². The van der Waals surface area contributed by atoms with Gasteiger partial charge < -0.3 is 24.9 Å². The van der Waals surface area contributed by atoms with Crippen LogP contribution in [0.1, 0.15) is 23.0 Å². The zero-order chi connectivity index (χ0) is 21.0. The first-order valence-corrected chi connectivity index (χ1v) is 8.79. The maximum Gasteiger partial charge on any atom is 0.337 e. The highest BCUT2D eigenvalue weighted by Crippen LogP contribution is 2.27. The van der Waals surface area contributed by atoms with E-state index < -0.39 is 23.4 Å². The first-order valence-electron chi connectivity index (χ1n) is 8.79. The monoisotopic (exact) mass is 396 g/mol. The van der Waals surface area contributed by atoms with Crippen LogP contribution in [0.2, 0.25) is 0 Å². The number of rotatable bonds is 5.